The van der Waals surface area contributed by atoms with Crippen molar-refractivity contribution < 1.29 is 17.6 Å². The molecule has 0 radical (unpaired) electrons. The molecule has 3 rings (SSSR count). The van der Waals surface area contributed by atoms with E-state index in [1.165, 1.54) is 0 Å². The second-order valence-corrected chi connectivity index (χ2v) is 8.37. The summed E-state index contributed by atoms with van der Waals surface area (Å²) in [4.78, 5) is 14.4. The molecule has 1 aliphatic heterocycles. The minimum absolute atomic E-state index is 0.0302. The van der Waals surface area contributed by atoms with Crippen molar-refractivity contribution in [2.45, 2.75) is 31.8 Å². The molecule has 1 unspecified atom stereocenters. The number of benzene rings is 1. The lowest BCUT2D eigenvalue weighted by Gasteiger charge is -2.27. The van der Waals surface area contributed by atoms with Crippen molar-refractivity contribution in [1.29, 1.82) is 0 Å². The van der Waals surface area contributed by atoms with E-state index in [1.54, 1.807) is 23.3 Å². The van der Waals surface area contributed by atoms with Crippen LogP contribution in [0.25, 0.3) is 0 Å². The highest BCUT2D eigenvalue weighted by molar-refractivity contribution is 7.91. The van der Waals surface area contributed by atoms with E-state index >= 15 is 0 Å². The summed E-state index contributed by atoms with van der Waals surface area (Å²) in [6.45, 7) is 0.320. The Balaban J connectivity index is 1.70. The third-order valence-corrected chi connectivity index (χ3v) is 6.10. The standard InChI is InChI=1S/C18H21NO4S/c20-18(9-8-15-5-2-1-3-6-15)19(13-17-7-4-11-23-17)16-10-12-24(21,22)14-16/h1-7,11,16H,8-10,12-14H2. The second kappa shape index (κ2) is 7.21. The summed E-state index contributed by atoms with van der Waals surface area (Å²) < 4.78 is 28.9. The second-order valence-electron chi connectivity index (χ2n) is 6.14. The predicted molar refractivity (Wildman–Crippen MR) is 91.1 cm³/mol. The van der Waals surface area contributed by atoms with Crippen LogP contribution in [0.5, 0.6) is 0 Å². The third kappa shape index (κ3) is 4.26. The van der Waals surface area contributed by atoms with E-state index in [4.69, 9.17) is 4.42 Å². The first-order valence-electron chi connectivity index (χ1n) is 8.10. The van der Waals surface area contributed by atoms with E-state index in [-0.39, 0.29) is 23.5 Å². The highest BCUT2D eigenvalue weighted by Crippen LogP contribution is 2.21. The number of sulfone groups is 1. The van der Waals surface area contributed by atoms with Gasteiger partial charge in [0.25, 0.3) is 0 Å². The summed E-state index contributed by atoms with van der Waals surface area (Å²) in [5.74, 6) is 0.841. The number of carbonyl (C=O) groups excluding carboxylic acids is 1. The summed E-state index contributed by atoms with van der Waals surface area (Å²) in [5, 5.41) is 0. The third-order valence-electron chi connectivity index (χ3n) is 4.35. The van der Waals surface area contributed by atoms with Gasteiger partial charge in [0.15, 0.2) is 9.84 Å². The fourth-order valence-electron chi connectivity index (χ4n) is 3.05. The van der Waals surface area contributed by atoms with Crippen molar-refractivity contribution in [3.63, 3.8) is 0 Å². The van der Waals surface area contributed by atoms with Crippen LogP contribution in [0.15, 0.2) is 53.1 Å². The normalized spacial score (nSPS) is 19.2. The molecule has 0 bridgehead atoms. The maximum atomic E-state index is 12.7. The fourth-order valence-corrected chi connectivity index (χ4v) is 4.78. The van der Waals surface area contributed by atoms with Gasteiger partial charge in [-0.05, 0) is 30.5 Å². The van der Waals surface area contributed by atoms with E-state index in [1.807, 2.05) is 30.3 Å². The van der Waals surface area contributed by atoms with Crippen LogP contribution in [0.1, 0.15) is 24.2 Å². The Morgan fingerprint density at radius 1 is 1.17 bits per heavy atom. The lowest BCUT2D eigenvalue weighted by atomic mass is 10.1. The van der Waals surface area contributed by atoms with E-state index in [2.05, 4.69) is 0 Å². The molecule has 24 heavy (non-hydrogen) atoms. The molecule has 0 saturated carbocycles. The summed E-state index contributed by atoms with van der Waals surface area (Å²) in [5.41, 5.74) is 1.10. The molecular formula is C18H21NO4S. The Labute approximate surface area is 142 Å². The molecule has 0 aliphatic carbocycles. The Bertz CT molecular complexity index is 769. The zero-order valence-electron chi connectivity index (χ0n) is 13.4. The minimum atomic E-state index is -3.04. The summed E-state index contributed by atoms with van der Waals surface area (Å²) in [6.07, 6.45) is 3.07. The highest BCUT2D eigenvalue weighted by atomic mass is 32.2. The van der Waals surface area contributed by atoms with Crippen LogP contribution in [0.2, 0.25) is 0 Å². The fraction of sp³-hybridized carbons (Fsp3) is 0.389. The van der Waals surface area contributed by atoms with Gasteiger partial charge < -0.3 is 9.32 Å². The van der Waals surface area contributed by atoms with Gasteiger partial charge in [-0.15, -0.1) is 0 Å². The number of nitrogens with zero attached hydrogens (tertiary/aromatic N) is 1. The Hall–Kier alpha value is -2.08. The van der Waals surface area contributed by atoms with E-state index in [0.29, 0.717) is 31.6 Å². The molecule has 1 fully saturated rings. The molecule has 1 aromatic heterocycles. The van der Waals surface area contributed by atoms with Gasteiger partial charge in [-0.2, -0.15) is 0 Å². The Kier molecular flexibility index (Phi) is 5.04. The number of hydrogen-bond acceptors (Lipinski definition) is 4. The quantitative estimate of drug-likeness (QED) is 0.805. The molecule has 1 aromatic carbocycles. The summed E-state index contributed by atoms with van der Waals surface area (Å²) >= 11 is 0. The van der Waals surface area contributed by atoms with Crippen molar-refractivity contribution in [2.75, 3.05) is 11.5 Å². The molecule has 128 valence electrons. The summed E-state index contributed by atoms with van der Waals surface area (Å²) in [7, 11) is -3.04. The average Bonchev–Trinajstić information content (AvgIpc) is 3.20. The van der Waals surface area contributed by atoms with Crippen molar-refractivity contribution in [3.8, 4) is 0 Å². The molecule has 0 N–H and O–H groups in total. The molecule has 2 aromatic rings. The van der Waals surface area contributed by atoms with Gasteiger partial charge in [-0.3, -0.25) is 4.79 Å². The monoisotopic (exact) mass is 347 g/mol. The molecule has 1 atom stereocenters. The van der Waals surface area contributed by atoms with Gasteiger partial charge in [-0.1, -0.05) is 30.3 Å². The first kappa shape index (κ1) is 16.8. The number of rotatable bonds is 6. The van der Waals surface area contributed by atoms with Crippen molar-refractivity contribution in [1.82, 2.24) is 4.90 Å². The molecule has 1 saturated heterocycles. The van der Waals surface area contributed by atoms with Crippen LogP contribution in [0.3, 0.4) is 0 Å². The maximum absolute atomic E-state index is 12.7. The minimum Gasteiger partial charge on any atom is -0.467 e. The number of furan rings is 1. The number of hydrogen-bond donors (Lipinski definition) is 0. The largest absolute Gasteiger partial charge is 0.467 e. The molecule has 6 heteroatoms. The molecule has 0 spiro atoms. The van der Waals surface area contributed by atoms with Gasteiger partial charge in [0.2, 0.25) is 5.91 Å². The van der Waals surface area contributed by atoms with Gasteiger partial charge >= 0.3 is 0 Å². The van der Waals surface area contributed by atoms with E-state index in [9.17, 15) is 13.2 Å². The number of aryl methyl sites for hydroxylation is 1. The highest BCUT2D eigenvalue weighted by Gasteiger charge is 2.34. The predicted octanol–water partition coefficient (Wildman–Crippen LogP) is 2.43. The summed E-state index contributed by atoms with van der Waals surface area (Å²) in [6, 6.07) is 13.1. The lowest BCUT2D eigenvalue weighted by Crippen LogP contribution is -2.40. The maximum Gasteiger partial charge on any atom is 0.223 e. The van der Waals surface area contributed by atoms with Gasteiger partial charge in [0, 0.05) is 12.5 Å². The first-order chi connectivity index (χ1) is 11.5. The topological polar surface area (TPSA) is 67.6 Å². The molecule has 1 aliphatic rings. The zero-order chi connectivity index (χ0) is 17.0. The number of carbonyl (C=O) groups is 1. The first-order valence-corrected chi connectivity index (χ1v) is 9.92. The molecule has 5 nitrogen and oxygen atoms in total. The van der Waals surface area contributed by atoms with Gasteiger partial charge in [0.05, 0.1) is 24.3 Å². The number of amides is 1. The average molecular weight is 347 g/mol. The smallest absolute Gasteiger partial charge is 0.223 e. The molecular weight excluding hydrogens is 326 g/mol. The van der Waals surface area contributed by atoms with Crippen LogP contribution >= 0.6 is 0 Å². The Morgan fingerprint density at radius 2 is 1.96 bits per heavy atom. The van der Waals surface area contributed by atoms with Gasteiger partial charge in [0.1, 0.15) is 5.76 Å². The SMILES string of the molecule is O=C(CCc1ccccc1)N(Cc1ccco1)C1CCS(=O)(=O)C1. The molecule has 1 amide bonds. The Morgan fingerprint density at radius 3 is 2.58 bits per heavy atom. The van der Waals surface area contributed by atoms with Gasteiger partial charge in [-0.25, -0.2) is 8.42 Å². The van der Waals surface area contributed by atoms with Crippen LogP contribution < -0.4 is 0 Å². The van der Waals surface area contributed by atoms with E-state index in [0.717, 1.165) is 5.56 Å². The van der Waals surface area contributed by atoms with Crippen LogP contribution in [-0.4, -0.2) is 36.8 Å². The lowest BCUT2D eigenvalue weighted by molar-refractivity contribution is -0.134. The van der Waals surface area contributed by atoms with Crippen molar-refractivity contribution >= 4 is 15.7 Å². The van der Waals surface area contributed by atoms with Crippen LogP contribution in [-0.2, 0) is 27.6 Å². The van der Waals surface area contributed by atoms with Crippen molar-refractivity contribution in [3.05, 3.63) is 60.1 Å². The van der Waals surface area contributed by atoms with E-state index < -0.39 is 9.84 Å². The van der Waals surface area contributed by atoms with Crippen LogP contribution in [0.4, 0.5) is 0 Å². The van der Waals surface area contributed by atoms with Crippen LogP contribution in [0, 0.1) is 0 Å². The molecule has 2 heterocycles. The zero-order valence-corrected chi connectivity index (χ0v) is 14.2. The van der Waals surface area contributed by atoms with Crippen molar-refractivity contribution in [2.24, 2.45) is 0 Å².